The first-order valence-corrected chi connectivity index (χ1v) is 6.55. The van der Waals surface area contributed by atoms with Gasteiger partial charge in [-0.25, -0.2) is 9.79 Å². The van der Waals surface area contributed by atoms with Gasteiger partial charge in [-0.2, -0.15) is 0 Å². The number of hydrogen-bond acceptors (Lipinski definition) is 4. The summed E-state index contributed by atoms with van der Waals surface area (Å²) in [6.45, 7) is 5.50. The van der Waals surface area contributed by atoms with E-state index < -0.39 is 11.5 Å². The Morgan fingerprint density at radius 2 is 2.15 bits per heavy atom. The minimum atomic E-state index is -1.08. The molecule has 1 amide bonds. The molecule has 0 bridgehead atoms. The van der Waals surface area contributed by atoms with E-state index in [1.807, 2.05) is 13.8 Å². The molecule has 2 rings (SSSR count). The number of rotatable bonds is 4. The van der Waals surface area contributed by atoms with E-state index in [-0.39, 0.29) is 23.0 Å². The maximum Gasteiger partial charge on any atom is 0.338 e. The summed E-state index contributed by atoms with van der Waals surface area (Å²) in [4.78, 5) is 31.7. The van der Waals surface area contributed by atoms with Crippen LogP contribution in [0.4, 0.5) is 0 Å². The van der Waals surface area contributed by atoms with Gasteiger partial charge in [0.25, 0.3) is 5.91 Å². The van der Waals surface area contributed by atoms with E-state index in [2.05, 4.69) is 15.3 Å². The first kappa shape index (κ1) is 14.2. The Morgan fingerprint density at radius 1 is 1.45 bits per heavy atom. The number of pyridine rings is 1. The molecule has 2 heterocycles. The third-order valence-corrected chi connectivity index (χ3v) is 3.58. The van der Waals surface area contributed by atoms with Crippen LogP contribution in [0, 0.1) is 0 Å². The number of carboxylic acid groups (broad SMARTS) is 1. The summed E-state index contributed by atoms with van der Waals surface area (Å²) in [7, 11) is 0. The van der Waals surface area contributed by atoms with Gasteiger partial charge in [0.2, 0.25) is 0 Å². The van der Waals surface area contributed by atoms with Gasteiger partial charge in [0, 0.05) is 6.20 Å². The maximum atomic E-state index is 11.9. The monoisotopic (exact) mass is 275 g/mol. The van der Waals surface area contributed by atoms with Crippen molar-refractivity contribution in [3.63, 3.8) is 0 Å². The average molecular weight is 275 g/mol. The highest BCUT2D eigenvalue weighted by atomic mass is 16.4. The molecule has 0 spiro atoms. The molecule has 0 saturated heterocycles. The summed E-state index contributed by atoms with van der Waals surface area (Å²) >= 11 is 0. The van der Waals surface area contributed by atoms with E-state index in [1.165, 1.54) is 0 Å². The first-order chi connectivity index (χ1) is 9.41. The fraction of sp³-hybridized carbons (Fsp3) is 0.429. The maximum absolute atomic E-state index is 11.9. The van der Waals surface area contributed by atoms with Gasteiger partial charge in [0.05, 0.1) is 5.56 Å². The van der Waals surface area contributed by atoms with Gasteiger partial charge < -0.3 is 10.4 Å². The van der Waals surface area contributed by atoms with Crippen molar-refractivity contribution in [1.82, 2.24) is 10.3 Å². The molecular formula is C14H17N3O3. The van der Waals surface area contributed by atoms with Crippen molar-refractivity contribution in [2.45, 2.75) is 39.2 Å². The Hall–Kier alpha value is -2.24. The number of aromatic nitrogens is 1. The molecule has 1 atom stereocenters. The van der Waals surface area contributed by atoms with E-state index in [1.54, 1.807) is 19.2 Å². The summed E-state index contributed by atoms with van der Waals surface area (Å²) in [5.74, 6) is -1.07. The summed E-state index contributed by atoms with van der Waals surface area (Å²) in [5, 5.41) is 11.9. The number of carbonyl (C=O) groups excluding carboxylic acids is 1. The molecule has 0 fully saturated rings. The van der Waals surface area contributed by atoms with Crippen LogP contribution in [0.3, 0.4) is 0 Å². The van der Waals surface area contributed by atoms with E-state index >= 15 is 0 Å². The summed E-state index contributed by atoms with van der Waals surface area (Å²) in [6, 6.07) is 1.57. The molecule has 1 aromatic rings. The zero-order valence-electron chi connectivity index (χ0n) is 11.7. The van der Waals surface area contributed by atoms with Crippen LogP contribution in [0.15, 0.2) is 17.3 Å². The highest BCUT2D eigenvalue weighted by Crippen LogP contribution is 2.23. The normalized spacial score (nSPS) is 21.6. The van der Waals surface area contributed by atoms with Crippen LogP contribution in [0.25, 0.3) is 0 Å². The van der Waals surface area contributed by atoms with Gasteiger partial charge in [-0.1, -0.05) is 13.8 Å². The number of carboxylic acids is 1. The fourth-order valence-electron chi connectivity index (χ4n) is 1.97. The molecule has 1 aromatic heterocycles. The van der Waals surface area contributed by atoms with Gasteiger partial charge >= 0.3 is 5.97 Å². The van der Waals surface area contributed by atoms with Gasteiger partial charge in [0.15, 0.2) is 5.84 Å². The molecule has 1 unspecified atom stereocenters. The number of nitrogens with one attached hydrogen (secondary N) is 1. The number of hydrogen-bond donors (Lipinski definition) is 2. The van der Waals surface area contributed by atoms with Crippen molar-refractivity contribution in [2.75, 3.05) is 0 Å². The van der Waals surface area contributed by atoms with E-state index in [9.17, 15) is 14.7 Å². The summed E-state index contributed by atoms with van der Waals surface area (Å²) in [6.07, 6.45) is 2.84. The standard InChI is InChI=1S/C14H17N3O3/c1-4-8-6-9(12(18)19)10(15-7-8)11-16-13(20)14(3,5-2)17-11/h6-7H,4-5H2,1-3H3,(H,18,19)(H,16,17,20). The van der Waals surface area contributed by atoms with Crippen molar-refractivity contribution in [1.29, 1.82) is 0 Å². The number of amidine groups is 1. The van der Waals surface area contributed by atoms with Crippen LogP contribution < -0.4 is 5.32 Å². The third kappa shape index (κ3) is 2.29. The van der Waals surface area contributed by atoms with Gasteiger partial charge in [-0.05, 0) is 31.4 Å². The number of aromatic carboxylic acids is 1. The molecule has 6 nitrogen and oxygen atoms in total. The Bertz CT molecular complexity index is 610. The second-order valence-corrected chi connectivity index (χ2v) is 4.94. The highest BCUT2D eigenvalue weighted by Gasteiger charge is 2.38. The zero-order chi connectivity index (χ0) is 14.9. The van der Waals surface area contributed by atoms with Crippen molar-refractivity contribution in [3.8, 4) is 0 Å². The molecule has 2 N–H and O–H groups in total. The lowest BCUT2D eigenvalue weighted by molar-refractivity contribution is -0.123. The molecule has 0 radical (unpaired) electrons. The largest absolute Gasteiger partial charge is 0.478 e. The fourth-order valence-corrected chi connectivity index (χ4v) is 1.97. The van der Waals surface area contributed by atoms with Crippen LogP contribution in [-0.4, -0.2) is 33.3 Å². The lowest BCUT2D eigenvalue weighted by Crippen LogP contribution is -2.37. The molecule has 1 aliphatic rings. The van der Waals surface area contributed by atoms with E-state index in [4.69, 9.17) is 0 Å². The van der Waals surface area contributed by atoms with Crippen molar-refractivity contribution >= 4 is 17.7 Å². The van der Waals surface area contributed by atoms with Crippen molar-refractivity contribution in [3.05, 3.63) is 29.1 Å². The number of amides is 1. The molecule has 0 aromatic carbocycles. The Balaban J connectivity index is 2.52. The van der Waals surface area contributed by atoms with Gasteiger partial charge in [0.1, 0.15) is 11.2 Å². The molecule has 1 aliphatic heterocycles. The molecule has 106 valence electrons. The number of aryl methyl sites for hydroxylation is 1. The Morgan fingerprint density at radius 3 is 2.65 bits per heavy atom. The topological polar surface area (TPSA) is 91.7 Å². The van der Waals surface area contributed by atoms with Gasteiger partial charge in [-0.15, -0.1) is 0 Å². The molecular weight excluding hydrogens is 258 g/mol. The minimum Gasteiger partial charge on any atom is -0.478 e. The lowest BCUT2D eigenvalue weighted by Gasteiger charge is -2.13. The molecule has 20 heavy (non-hydrogen) atoms. The average Bonchev–Trinajstić information content (AvgIpc) is 2.74. The van der Waals surface area contributed by atoms with Crippen LogP contribution >= 0.6 is 0 Å². The van der Waals surface area contributed by atoms with Crippen molar-refractivity contribution in [2.24, 2.45) is 4.99 Å². The second-order valence-electron chi connectivity index (χ2n) is 4.94. The van der Waals surface area contributed by atoms with Gasteiger partial charge in [-0.3, -0.25) is 9.78 Å². The highest BCUT2D eigenvalue weighted by molar-refractivity contribution is 6.17. The van der Waals surface area contributed by atoms with Crippen LogP contribution in [0.5, 0.6) is 0 Å². The number of aliphatic imine (C=N–C) groups is 1. The SMILES string of the molecule is CCc1cnc(C2=NC(C)(CC)C(=O)N2)c(C(=O)O)c1. The smallest absolute Gasteiger partial charge is 0.338 e. The van der Waals surface area contributed by atoms with Crippen LogP contribution in [0.1, 0.15) is 48.8 Å². The summed E-state index contributed by atoms with van der Waals surface area (Å²) in [5.41, 5.74) is 0.245. The first-order valence-electron chi connectivity index (χ1n) is 6.55. The Kier molecular flexibility index (Phi) is 3.57. The molecule has 0 saturated carbocycles. The molecule has 6 heteroatoms. The third-order valence-electron chi connectivity index (χ3n) is 3.58. The second kappa shape index (κ2) is 5.03. The number of nitrogens with zero attached hydrogens (tertiary/aromatic N) is 2. The van der Waals surface area contributed by atoms with Crippen LogP contribution in [-0.2, 0) is 11.2 Å². The lowest BCUT2D eigenvalue weighted by atomic mass is 10.0. The zero-order valence-corrected chi connectivity index (χ0v) is 11.7. The number of carbonyl (C=O) groups is 2. The minimum absolute atomic E-state index is 0.0590. The van der Waals surface area contributed by atoms with Crippen LogP contribution in [0.2, 0.25) is 0 Å². The van der Waals surface area contributed by atoms with E-state index in [0.29, 0.717) is 12.8 Å². The Labute approximate surface area is 116 Å². The summed E-state index contributed by atoms with van der Waals surface area (Å²) < 4.78 is 0. The van der Waals surface area contributed by atoms with Crippen molar-refractivity contribution < 1.29 is 14.7 Å². The predicted octanol–water partition coefficient (Wildman–Crippen LogP) is 1.39. The van der Waals surface area contributed by atoms with E-state index in [0.717, 1.165) is 5.56 Å². The quantitative estimate of drug-likeness (QED) is 0.868. The predicted molar refractivity (Wildman–Crippen MR) is 74.0 cm³/mol. The molecule has 0 aliphatic carbocycles.